The molecule has 6 heteroatoms. The van der Waals surface area contributed by atoms with Gasteiger partial charge >= 0.3 is 0 Å². The van der Waals surface area contributed by atoms with Crippen molar-refractivity contribution in [3.63, 3.8) is 0 Å². The summed E-state index contributed by atoms with van der Waals surface area (Å²) < 4.78 is 22.4. The van der Waals surface area contributed by atoms with Crippen LogP contribution in [-0.4, -0.2) is 68.8 Å². The monoisotopic (exact) mass is 373 g/mol. The average molecular weight is 373 g/mol. The van der Waals surface area contributed by atoms with Gasteiger partial charge in [0, 0.05) is 25.7 Å². The van der Waals surface area contributed by atoms with Crippen LogP contribution in [0.5, 0.6) is 17.2 Å². The maximum absolute atomic E-state index is 10.3. The molecule has 0 aromatic heterocycles. The zero-order chi connectivity index (χ0) is 18.9. The first-order valence-corrected chi connectivity index (χ1v) is 9.19. The maximum atomic E-state index is 10.3. The Bertz CT molecular complexity index is 681. The molecule has 1 saturated heterocycles. The van der Waals surface area contributed by atoms with Crippen LogP contribution in [0, 0.1) is 0 Å². The first-order chi connectivity index (χ1) is 13.2. The van der Waals surface area contributed by atoms with Crippen molar-refractivity contribution in [2.24, 2.45) is 0 Å². The standard InChI is InChI=1S/C21H27NO5/c1-24-19-8-5-9-20(12-19)27-16-21-14-22(10-11-25-21)13-17(23)15-26-18-6-3-2-4-7-18/h2-9,12,17,21,23H,10-11,13-16H2,1H3. The number of rotatable bonds is 9. The fourth-order valence-corrected chi connectivity index (χ4v) is 2.99. The molecular formula is C21H27NO5. The van der Waals surface area contributed by atoms with E-state index < -0.39 is 6.10 Å². The summed E-state index contributed by atoms with van der Waals surface area (Å²) in [5, 5.41) is 10.3. The molecule has 1 fully saturated rings. The second kappa shape index (κ2) is 10.2. The number of para-hydroxylation sites is 1. The molecular weight excluding hydrogens is 346 g/mol. The van der Waals surface area contributed by atoms with Gasteiger partial charge in [0.15, 0.2) is 0 Å². The molecule has 2 atom stereocenters. The lowest BCUT2D eigenvalue weighted by Gasteiger charge is -2.33. The van der Waals surface area contributed by atoms with E-state index >= 15 is 0 Å². The van der Waals surface area contributed by atoms with Crippen LogP contribution >= 0.6 is 0 Å². The predicted octanol–water partition coefficient (Wildman–Crippen LogP) is 2.21. The van der Waals surface area contributed by atoms with Gasteiger partial charge in [0.25, 0.3) is 0 Å². The number of aliphatic hydroxyl groups excluding tert-OH is 1. The quantitative estimate of drug-likeness (QED) is 0.727. The van der Waals surface area contributed by atoms with E-state index in [-0.39, 0.29) is 12.7 Å². The lowest BCUT2D eigenvalue weighted by atomic mass is 10.2. The molecule has 2 aromatic carbocycles. The molecule has 0 saturated carbocycles. The SMILES string of the molecule is COc1cccc(OCC2CN(CC(O)COc3ccccc3)CCO2)c1. The highest BCUT2D eigenvalue weighted by atomic mass is 16.5. The third kappa shape index (κ3) is 6.43. The minimum Gasteiger partial charge on any atom is -0.497 e. The summed E-state index contributed by atoms with van der Waals surface area (Å²) >= 11 is 0. The topological polar surface area (TPSA) is 60.4 Å². The minimum atomic E-state index is -0.553. The first-order valence-electron chi connectivity index (χ1n) is 9.19. The molecule has 146 valence electrons. The Morgan fingerprint density at radius 1 is 1.07 bits per heavy atom. The fourth-order valence-electron chi connectivity index (χ4n) is 2.99. The summed E-state index contributed by atoms with van der Waals surface area (Å²) in [6, 6.07) is 17.0. The fraction of sp³-hybridized carbons (Fsp3) is 0.429. The summed E-state index contributed by atoms with van der Waals surface area (Å²) in [4.78, 5) is 2.18. The summed E-state index contributed by atoms with van der Waals surface area (Å²) in [6.45, 7) is 3.40. The summed E-state index contributed by atoms with van der Waals surface area (Å²) in [6.07, 6.45) is -0.588. The second-order valence-electron chi connectivity index (χ2n) is 6.52. The normalized spacial score (nSPS) is 18.7. The number of hydrogen-bond acceptors (Lipinski definition) is 6. The van der Waals surface area contributed by atoms with Crippen molar-refractivity contribution in [1.29, 1.82) is 0 Å². The number of aliphatic hydroxyl groups is 1. The summed E-state index contributed by atoms with van der Waals surface area (Å²) in [7, 11) is 1.63. The molecule has 0 aliphatic carbocycles. The highest BCUT2D eigenvalue weighted by Gasteiger charge is 2.23. The van der Waals surface area contributed by atoms with Crippen LogP contribution in [0.4, 0.5) is 0 Å². The van der Waals surface area contributed by atoms with Gasteiger partial charge in [0.2, 0.25) is 0 Å². The molecule has 2 unspecified atom stereocenters. The molecule has 0 amide bonds. The van der Waals surface area contributed by atoms with E-state index in [1.165, 1.54) is 0 Å². The van der Waals surface area contributed by atoms with Gasteiger partial charge in [-0.2, -0.15) is 0 Å². The molecule has 3 rings (SSSR count). The Hall–Kier alpha value is -2.28. The number of benzene rings is 2. The predicted molar refractivity (Wildman–Crippen MR) is 103 cm³/mol. The van der Waals surface area contributed by atoms with Gasteiger partial charge in [-0.15, -0.1) is 0 Å². The summed E-state index contributed by atoms with van der Waals surface area (Å²) in [5.41, 5.74) is 0. The zero-order valence-corrected chi connectivity index (χ0v) is 15.6. The molecule has 1 heterocycles. The Morgan fingerprint density at radius 3 is 2.67 bits per heavy atom. The third-order valence-electron chi connectivity index (χ3n) is 4.35. The van der Waals surface area contributed by atoms with E-state index in [1.807, 2.05) is 54.6 Å². The first kappa shape index (κ1) is 19.5. The third-order valence-corrected chi connectivity index (χ3v) is 4.35. The van der Waals surface area contributed by atoms with Crippen molar-refractivity contribution in [1.82, 2.24) is 4.90 Å². The Kier molecular flexibility index (Phi) is 7.33. The van der Waals surface area contributed by atoms with Crippen molar-refractivity contribution in [3.05, 3.63) is 54.6 Å². The largest absolute Gasteiger partial charge is 0.497 e. The van der Waals surface area contributed by atoms with Crippen LogP contribution in [0.2, 0.25) is 0 Å². The average Bonchev–Trinajstić information content (AvgIpc) is 2.72. The van der Waals surface area contributed by atoms with Gasteiger partial charge in [-0.25, -0.2) is 0 Å². The van der Waals surface area contributed by atoms with Crippen LogP contribution in [-0.2, 0) is 4.74 Å². The van der Waals surface area contributed by atoms with E-state index in [0.29, 0.717) is 26.3 Å². The van der Waals surface area contributed by atoms with Crippen LogP contribution in [0.1, 0.15) is 0 Å². The smallest absolute Gasteiger partial charge is 0.123 e. The molecule has 6 nitrogen and oxygen atoms in total. The Balaban J connectivity index is 1.40. The molecule has 1 N–H and O–H groups in total. The van der Waals surface area contributed by atoms with Crippen molar-refractivity contribution in [3.8, 4) is 17.2 Å². The van der Waals surface area contributed by atoms with Gasteiger partial charge in [-0.3, -0.25) is 4.90 Å². The highest BCUT2D eigenvalue weighted by Crippen LogP contribution is 2.19. The number of methoxy groups -OCH3 is 1. The second-order valence-corrected chi connectivity index (χ2v) is 6.52. The minimum absolute atomic E-state index is 0.0350. The van der Waals surface area contributed by atoms with Crippen LogP contribution in [0.3, 0.4) is 0 Å². The van der Waals surface area contributed by atoms with Crippen molar-refractivity contribution in [2.45, 2.75) is 12.2 Å². The van der Waals surface area contributed by atoms with Gasteiger partial charge in [-0.05, 0) is 24.3 Å². The number of morpholine rings is 1. The van der Waals surface area contributed by atoms with E-state index in [1.54, 1.807) is 7.11 Å². The maximum Gasteiger partial charge on any atom is 0.123 e. The molecule has 1 aliphatic rings. The molecule has 2 aromatic rings. The van der Waals surface area contributed by atoms with Crippen LogP contribution in [0.25, 0.3) is 0 Å². The number of ether oxygens (including phenoxy) is 4. The Morgan fingerprint density at radius 2 is 1.85 bits per heavy atom. The van der Waals surface area contributed by atoms with Gasteiger partial charge in [0.05, 0.1) is 13.7 Å². The van der Waals surface area contributed by atoms with Gasteiger partial charge in [-0.1, -0.05) is 24.3 Å². The molecule has 1 aliphatic heterocycles. The lowest BCUT2D eigenvalue weighted by molar-refractivity contribution is -0.0601. The zero-order valence-electron chi connectivity index (χ0n) is 15.6. The van der Waals surface area contributed by atoms with Gasteiger partial charge < -0.3 is 24.1 Å². The molecule has 0 spiro atoms. The van der Waals surface area contributed by atoms with E-state index in [4.69, 9.17) is 18.9 Å². The molecule has 0 radical (unpaired) electrons. The van der Waals surface area contributed by atoms with E-state index in [0.717, 1.165) is 23.8 Å². The van der Waals surface area contributed by atoms with Crippen LogP contribution < -0.4 is 14.2 Å². The van der Waals surface area contributed by atoms with Crippen LogP contribution in [0.15, 0.2) is 54.6 Å². The number of hydrogen-bond donors (Lipinski definition) is 1. The highest BCUT2D eigenvalue weighted by molar-refractivity contribution is 5.32. The van der Waals surface area contributed by atoms with E-state index in [9.17, 15) is 5.11 Å². The number of β-amino-alcohol motifs (C(OH)–C–C–N with tert-alkyl or cyclic N) is 1. The molecule has 27 heavy (non-hydrogen) atoms. The Labute approximate surface area is 160 Å². The van der Waals surface area contributed by atoms with Crippen molar-refractivity contribution in [2.75, 3.05) is 46.6 Å². The summed E-state index contributed by atoms with van der Waals surface area (Å²) in [5.74, 6) is 2.29. The van der Waals surface area contributed by atoms with Crippen molar-refractivity contribution >= 4 is 0 Å². The molecule has 0 bridgehead atoms. The van der Waals surface area contributed by atoms with E-state index in [2.05, 4.69) is 4.90 Å². The lowest BCUT2D eigenvalue weighted by Crippen LogP contribution is -2.48. The van der Waals surface area contributed by atoms with Crippen molar-refractivity contribution < 1.29 is 24.1 Å². The number of nitrogens with zero attached hydrogens (tertiary/aromatic N) is 1. The van der Waals surface area contributed by atoms with Gasteiger partial charge in [0.1, 0.15) is 42.7 Å².